The molecular formula is C16H26N4O2. The van der Waals surface area contributed by atoms with E-state index in [2.05, 4.69) is 28.8 Å². The average Bonchev–Trinajstić information content (AvgIpc) is 2.88. The fourth-order valence-electron chi connectivity index (χ4n) is 3.78. The Kier molecular flexibility index (Phi) is 4.47. The standard InChI is InChI=1S/C16H26N4O2/c1-11(2)19-8-4-3-5-13(19)9-14-17-15-7-6-12(16(21)22)10-20(15)18-14/h11-13H,3-10H2,1-2H3,(H,21,22). The zero-order valence-electron chi connectivity index (χ0n) is 13.5. The molecule has 1 N–H and O–H groups in total. The number of fused-ring (bicyclic) bond motifs is 1. The van der Waals surface area contributed by atoms with Crippen LogP contribution >= 0.6 is 0 Å². The summed E-state index contributed by atoms with van der Waals surface area (Å²) in [5.74, 6) is 0.808. The summed E-state index contributed by atoms with van der Waals surface area (Å²) in [5, 5.41) is 13.7. The lowest BCUT2D eigenvalue weighted by atomic mass is 9.97. The number of carbonyl (C=O) groups is 1. The van der Waals surface area contributed by atoms with Gasteiger partial charge in [-0.05, 0) is 39.7 Å². The number of piperidine rings is 1. The molecule has 1 aromatic heterocycles. The van der Waals surface area contributed by atoms with Gasteiger partial charge in [-0.2, -0.15) is 5.10 Å². The molecule has 3 heterocycles. The van der Waals surface area contributed by atoms with Crippen LogP contribution in [0.1, 0.15) is 51.2 Å². The summed E-state index contributed by atoms with van der Waals surface area (Å²) in [7, 11) is 0. The number of aliphatic carboxylic acids is 1. The van der Waals surface area contributed by atoms with Gasteiger partial charge in [-0.25, -0.2) is 9.67 Å². The van der Waals surface area contributed by atoms with Crippen LogP contribution in [0.4, 0.5) is 0 Å². The highest BCUT2D eigenvalue weighted by Crippen LogP contribution is 2.23. The minimum atomic E-state index is -0.721. The van der Waals surface area contributed by atoms with Gasteiger partial charge in [0.05, 0.1) is 12.5 Å². The van der Waals surface area contributed by atoms with Gasteiger partial charge in [0.2, 0.25) is 0 Å². The lowest BCUT2D eigenvalue weighted by Gasteiger charge is -2.38. The molecule has 2 unspecified atom stereocenters. The predicted octanol–water partition coefficient (Wildman–Crippen LogP) is 1.73. The largest absolute Gasteiger partial charge is 0.481 e. The van der Waals surface area contributed by atoms with E-state index >= 15 is 0 Å². The molecule has 2 aliphatic heterocycles. The minimum absolute atomic E-state index is 0.316. The number of nitrogens with zero attached hydrogens (tertiary/aromatic N) is 4. The summed E-state index contributed by atoms with van der Waals surface area (Å²) in [5.41, 5.74) is 0. The number of hydrogen-bond acceptors (Lipinski definition) is 4. The van der Waals surface area contributed by atoms with E-state index in [-0.39, 0.29) is 5.92 Å². The predicted molar refractivity (Wildman–Crippen MR) is 82.7 cm³/mol. The highest BCUT2D eigenvalue weighted by molar-refractivity contribution is 5.70. The third-order valence-electron chi connectivity index (χ3n) is 5.01. The van der Waals surface area contributed by atoms with Crippen LogP contribution in [0.5, 0.6) is 0 Å². The van der Waals surface area contributed by atoms with Crippen molar-refractivity contribution in [3.05, 3.63) is 11.6 Å². The highest BCUT2D eigenvalue weighted by atomic mass is 16.4. The summed E-state index contributed by atoms with van der Waals surface area (Å²) in [6.45, 7) is 6.13. The second kappa shape index (κ2) is 6.36. The van der Waals surface area contributed by atoms with Crippen molar-refractivity contribution < 1.29 is 9.90 Å². The van der Waals surface area contributed by atoms with E-state index in [1.54, 1.807) is 0 Å². The second-order valence-corrected chi connectivity index (χ2v) is 6.89. The van der Waals surface area contributed by atoms with Crippen molar-refractivity contribution in [2.45, 2.75) is 71.0 Å². The zero-order valence-corrected chi connectivity index (χ0v) is 13.5. The molecule has 22 heavy (non-hydrogen) atoms. The SMILES string of the molecule is CC(C)N1CCCCC1Cc1nc2n(n1)CC(C(=O)O)CC2. The molecule has 1 fully saturated rings. The summed E-state index contributed by atoms with van der Waals surface area (Å²) in [4.78, 5) is 18.4. The van der Waals surface area contributed by atoms with E-state index in [1.165, 1.54) is 19.3 Å². The number of rotatable bonds is 4. The molecule has 122 valence electrons. The lowest BCUT2D eigenvalue weighted by Crippen LogP contribution is -2.45. The Balaban J connectivity index is 1.70. The van der Waals surface area contributed by atoms with Crippen LogP contribution in [-0.4, -0.2) is 49.4 Å². The summed E-state index contributed by atoms with van der Waals surface area (Å²) < 4.78 is 1.82. The number of likely N-dealkylation sites (tertiary alicyclic amines) is 1. The number of hydrogen-bond donors (Lipinski definition) is 1. The fraction of sp³-hybridized carbons (Fsp3) is 0.812. The molecule has 0 amide bonds. The first-order valence-electron chi connectivity index (χ1n) is 8.45. The zero-order chi connectivity index (χ0) is 15.7. The molecule has 3 rings (SSSR count). The Morgan fingerprint density at radius 2 is 2.18 bits per heavy atom. The van der Waals surface area contributed by atoms with Crippen LogP contribution < -0.4 is 0 Å². The maximum Gasteiger partial charge on any atom is 0.308 e. The normalized spacial score (nSPS) is 26.1. The van der Waals surface area contributed by atoms with Gasteiger partial charge in [0, 0.05) is 24.9 Å². The first-order valence-corrected chi connectivity index (χ1v) is 8.45. The number of carboxylic acids is 1. The minimum Gasteiger partial charge on any atom is -0.481 e. The van der Waals surface area contributed by atoms with Gasteiger partial charge in [-0.15, -0.1) is 0 Å². The smallest absolute Gasteiger partial charge is 0.308 e. The molecule has 1 saturated heterocycles. The molecule has 0 bridgehead atoms. The van der Waals surface area contributed by atoms with E-state index in [1.807, 2.05) is 4.68 Å². The molecule has 0 radical (unpaired) electrons. The Hall–Kier alpha value is -1.43. The van der Waals surface area contributed by atoms with Crippen LogP contribution in [0.2, 0.25) is 0 Å². The summed E-state index contributed by atoms with van der Waals surface area (Å²) in [6, 6.07) is 1.08. The highest BCUT2D eigenvalue weighted by Gasteiger charge is 2.29. The topological polar surface area (TPSA) is 71.2 Å². The van der Waals surface area contributed by atoms with Crippen molar-refractivity contribution in [3.8, 4) is 0 Å². The molecule has 0 spiro atoms. The van der Waals surface area contributed by atoms with Gasteiger partial charge in [-0.1, -0.05) is 6.42 Å². The Morgan fingerprint density at radius 1 is 1.36 bits per heavy atom. The van der Waals surface area contributed by atoms with Crippen molar-refractivity contribution in [3.63, 3.8) is 0 Å². The maximum absolute atomic E-state index is 11.1. The molecule has 6 nitrogen and oxygen atoms in total. The molecule has 0 aromatic carbocycles. The monoisotopic (exact) mass is 306 g/mol. The number of aryl methyl sites for hydroxylation is 1. The Morgan fingerprint density at radius 3 is 2.91 bits per heavy atom. The molecule has 0 saturated carbocycles. The van der Waals surface area contributed by atoms with E-state index in [4.69, 9.17) is 5.11 Å². The third-order valence-corrected chi connectivity index (χ3v) is 5.01. The van der Waals surface area contributed by atoms with E-state index in [9.17, 15) is 4.79 Å². The van der Waals surface area contributed by atoms with Crippen molar-refractivity contribution in [1.82, 2.24) is 19.7 Å². The molecule has 2 atom stereocenters. The van der Waals surface area contributed by atoms with Crippen molar-refractivity contribution >= 4 is 5.97 Å². The molecule has 0 aliphatic carbocycles. The molecule has 2 aliphatic rings. The molecular weight excluding hydrogens is 280 g/mol. The van der Waals surface area contributed by atoms with E-state index < -0.39 is 5.97 Å². The van der Waals surface area contributed by atoms with Crippen LogP contribution in [0, 0.1) is 5.92 Å². The van der Waals surface area contributed by atoms with Gasteiger partial charge >= 0.3 is 5.97 Å². The summed E-state index contributed by atoms with van der Waals surface area (Å²) in [6.07, 6.45) is 6.05. The van der Waals surface area contributed by atoms with Crippen molar-refractivity contribution in [2.24, 2.45) is 5.92 Å². The van der Waals surface area contributed by atoms with Gasteiger partial charge < -0.3 is 5.11 Å². The van der Waals surface area contributed by atoms with Crippen LogP contribution in [-0.2, 0) is 24.2 Å². The van der Waals surface area contributed by atoms with E-state index in [0.717, 1.165) is 31.0 Å². The second-order valence-electron chi connectivity index (χ2n) is 6.89. The molecule has 6 heteroatoms. The van der Waals surface area contributed by atoms with Crippen LogP contribution in [0.3, 0.4) is 0 Å². The number of carboxylic acid groups (broad SMARTS) is 1. The third kappa shape index (κ3) is 3.16. The van der Waals surface area contributed by atoms with E-state index in [0.29, 0.717) is 25.0 Å². The van der Waals surface area contributed by atoms with Crippen molar-refractivity contribution in [1.29, 1.82) is 0 Å². The Bertz CT molecular complexity index is 540. The van der Waals surface area contributed by atoms with Crippen LogP contribution in [0.15, 0.2) is 0 Å². The molecule has 1 aromatic rings. The average molecular weight is 306 g/mol. The first-order chi connectivity index (χ1) is 10.5. The van der Waals surface area contributed by atoms with Gasteiger partial charge in [0.25, 0.3) is 0 Å². The van der Waals surface area contributed by atoms with Gasteiger partial charge in [0.1, 0.15) is 5.82 Å². The Labute approximate surface area is 131 Å². The summed E-state index contributed by atoms with van der Waals surface area (Å²) >= 11 is 0. The fourth-order valence-corrected chi connectivity index (χ4v) is 3.78. The maximum atomic E-state index is 11.1. The lowest BCUT2D eigenvalue weighted by molar-refractivity contribution is -0.142. The first kappa shape index (κ1) is 15.5. The van der Waals surface area contributed by atoms with Gasteiger partial charge in [-0.3, -0.25) is 9.69 Å². The van der Waals surface area contributed by atoms with Gasteiger partial charge in [0.15, 0.2) is 5.82 Å². The quantitative estimate of drug-likeness (QED) is 0.917. The van der Waals surface area contributed by atoms with Crippen molar-refractivity contribution in [2.75, 3.05) is 6.54 Å². The number of aromatic nitrogens is 3. The van der Waals surface area contributed by atoms with Crippen LogP contribution in [0.25, 0.3) is 0 Å².